The monoisotopic (exact) mass is 473 g/mol. The molecule has 1 unspecified atom stereocenters. The fourth-order valence-corrected chi connectivity index (χ4v) is 5.87. The number of ether oxygens (including phenoxy) is 2. The van der Waals surface area contributed by atoms with Gasteiger partial charge in [0, 0.05) is 35.7 Å². The van der Waals surface area contributed by atoms with E-state index in [9.17, 15) is 22.4 Å². The van der Waals surface area contributed by atoms with E-state index in [-0.39, 0.29) is 35.2 Å². The van der Waals surface area contributed by atoms with Crippen molar-refractivity contribution in [3.05, 3.63) is 41.6 Å². The molecule has 2 N–H and O–H groups in total. The Morgan fingerprint density at radius 2 is 2.00 bits per heavy atom. The van der Waals surface area contributed by atoms with Crippen LogP contribution in [0.2, 0.25) is 5.02 Å². The van der Waals surface area contributed by atoms with Crippen LogP contribution in [0, 0.1) is 23.1 Å². The average molecular weight is 474 g/mol. The summed E-state index contributed by atoms with van der Waals surface area (Å²) in [5.74, 6) is -2.88. The van der Waals surface area contributed by atoms with Gasteiger partial charge in [0.25, 0.3) is 0 Å². The molecule has 1 amide bonds. The number of imidazole rings is 1. The Morgan fingerprint density at radius 1 is 1.28 bits per heavy atom. The number of carbonyl (C=O) groups excluding carboxylic acids is 1. The number of benzene rings is 1. The Balaban J connectivity index is 1.31. The molecule has 1 aromatic carbocycles. The molecule has 0 aliphatic heterocycles. The van der Waals surface area contributed by atoms with Crippen LogP contribution in [0.25, 0.3) is 11.3 Å². The number of primary amides is 1. The topological polar surface area (TPSA) is 79.4 Å². The minimum Gasteiger partial charge on any atom is -0.368 e. The van der Waals surface area contributed by atoms with Crippen molar-refractivity contribution in [2.75, 3.05) is 6.61 Å². The highest BCUT2D eigenvalue weighted by molar-refractivity contribution is 6.30. The van der Waals surface area contributed by atoms with Crippen molar-refractivity contribution in [1.29, 1.82) is 0 Å². The molecule has 4 saturated carbocycles. The Morgan fingerprint density at radius 3 is 2.56 bits per heavy atom. The normalized spacial score (nSPS) is 33.2. The molecule has 4 aliphatic carbocycles. The zero-order valence-electron chi connectivity index (χ0n) is 16.7. The summed E-state index contributed by atoms with van der Waals surface area (Å²) in [7, 11) is 0. The summed E-state index contributed by atoms with van der Waals surface area (Å²) in [6, 6.07) is 4.44. The first-order valence-corrected chi connectivity index (χ1v) is 10.6. The van der Waals surface area contributed by atoms with Gasteiger partial charge in [0.1, 0.15) is 12.4 Å². The second kappa shape index (κ2) is 7.16. The number of nitrogens with two attached hydrogens (primary N) is 1. The highest BCUT2D eigenvalue weighted by atomic mass is 35.5. The van der Waals surface area contributed by atoms with Crippen LogP contribution in [0.4, 0.5) is 17.6 Å². The Bertz CT molecular complexity index is 1060. The van der Waals surface area contributed by atoms with Crippen LogP contribution in [-0.2, 0) is 14.3 Å². The molecule has 1 atom stereocenters. The molecule has 4 fully saturated rings. The zero-order valence-corrected chi connectivity index (χ0v) is 17.5. The van der Waals surface area contributed by atoms with Crippen molar-refractivity contribution < 1.29 is 31.8 Å². The van der Waals surface area contributed by atoms with Crippen molar-refractivity contribution in [3.63, 3.8) is 0 Å². The Kier molecular flexibility index (Phi) is 4.85. The first-order valence-electron chi connectivity index (χ1n) is 10.2. The number of carbonyl (C=O) groups is 1. The number of aromatic nitrogens is 2. The highest BCUT2D eigenvalue weighted by Gasteiger charge is 2.73. The maximum atomic E-state index is 14.3. The van der Waals surface area contributed by atoms with Crippen LogP contribution in [0.3, 0.4) is 0 Å². The minimum atomic E-state index is -4.89. The molecule has 32 heavy (non-hydrogen) atoms. The van der Waals surface area contributed by atoms with Crippen LogP contribution in [0.1, 0.15) is 31.7 Å². The molecule has 1 aromatic heterocycles. The second-order valence-corrected chi connectivity index (χ2v) is 9.43. The van der Waals surface area contributed by atoms with E-state index in [1.165, 1.54) is 6.07 Å². The van der Waals surface area contributed by atoms with E-state index in [1.54, 1.807) is 24.7 Å². The van der Waals surface area contributed by atoms with Gasteiger partial charge in [-0.1, -0.05) is 11.6 Å². The number of halogens is 5. The van der Waals surface area contributed by atoms with E-state index in [2.05, 4.69) is 9.72 Å². The molecule has 0 saturated heterocycles. The fourth-order valence-electron chi connectivity index (χ4n) is 5.71. The van der Waals surface area contributed by atoms with E-state index < -0.39 is 30.5 Å². The fraction of sp³-hybridized carbons (Fsp3) is 0.524. The highest BCUT2D eigenvalue weighted by Crippen LogP contribution is 2.78. The first kappa shape index (κ1) is 21.7. The lowest BCUT2D eigenvalue weighted by Crippen LogP contribution is -2.70. The third kappa shape index (κ3) is 3.48. The first-order chi connectivity index (χ1) is 15.0. The summed E-state index contributed by atoms with van der Waals surface area (Å²) in [6.45, 7) is -0.639. The number of rotatable bonds is 7. The van der Waals surface area contributed by atoms with Gasteiger partial charge in [-0.2, -0.15) is 0 Å². The molecule has 6 nitrogen and oxygen atoms in total. The van der Waals surface area contributed by atoms with Gasteiger partial charge in [-0.25, -0.2) is 9.37 Å². The molecule has 2 bridgehead atoms. The minimum absolute atomic E-state index is 0.0242. The second-order valence-electron chi connectivity index (χ2n) is 9.00. The summed E-state index contributed by atoms with van der Waals surface area (Å²) < 4.78 is 64.3. The molecule has 0 radical (unpaired) electrons. The van der Waals surface area contributed by atoms with Gasteiger partial charge in [0.2, 0.25) is 5.91 Å². The predicted octanol–water partition coefficient (Wildman–Crippen LogP) is 4.44. The summed E-state index contributed by atoms with van der Waals surface area (Å²) in [6.07, 6.45) is 0.344. The molecular weight excluding hydrogens is 454 g/mol. The average Bonchev–Trinajstić information content (AvgIpc) is 3.03. The van der Waals surface area contributed by atoms with Crippen molar-refractivity contribution in [2.24, 2.45) is 23.0 Å². The summed E-state index contributed by atoms with van der Waals surface area (Å²) in [4.78, 5) is 15.3. The number of hydrogen-bond acceptors (Lipinski definition) is 4. The zero-order chi connectivity index (χ0) is 22.9. The molecular formula is C21H20ClF4N3O3. The van der Waals surface area contributed by atoms with Gasteiger partial charge in [0.15, 0.2) is 5.79 Å². The standard InChI is InChI=1S/C21H20ClF4N3O3/c22-13-1-2-14(15(23)3-13)16-8-29(10-28-16)18-11-4-19(18,5-11)12-6-20(7-12,31-9-17(27)30)32-21(24,25)26/h1-3,8,10-12,18H,4-7,9H2,(H2,27,30). The molecule has 4 aliphatic rings. The van der Waals surface area contributed by atoms with E-state index >= 15 is 0 Å². The van der Waals surface area contributed by atoms with E-state index in [0.29, 0.717) is 17.2 Å². The van der Waals surface area contributed by atoms with Crippen molar-refractivity contribution in [1.82, 2.24) is 9.55 Å². The lowest BCUT2D eigenvalue weighted by atomic mass is 9.34. The maximum absolute atomic E-state index is 14.3. The molecule has 0 spiro atoms. The Labute approximate surface area is 185 Å². The number of alkyl halides is 3. The van der Waals surface area contributed by atoms with Crippen LogP contribution in [0.15, 0.2) is 30.7 Å². The smallest absolute Gasteiger partial charge is 0.368 e. The summed E-state index contributed by atoms with van der Waals surface area (Å²) in [5, 5.41) is 0.290. The number of nitrogens with zero attached hydrogens (tertiary/aromatic N) is 2. The van der Waals surface area contributed by atoms with Crippen LogP contribution < -0.4 is 5.73 Å². The van der Waals surface area contributed by atoms with E-state index in [0.717, 1.165) is 12.8 Å². The van der Waals surface area contributed by atoms with Crippen LogP contribution in [0.5, 0.6) is 0 Å². The SMILES string of the molecule is NC(=O)COC1(OC(F)(F)F)CC(C23CC(C2)C3n2cnc(-c3ccc(Cl)cc3F)c2)C1. The molecule has 11 heteroatoms. The van der Waals surface area contributed by atoms with Gasteiger partial charge < -0.3 is 15.0 Å². The third-order valence-corrected chi connectivity index (χ3v) is 7.39. The summed E-state index contributed by atoms with van der Waals surface area (Å²) in [5.41, 5.74) is 5.64. The Hall–Kier alpha value is -2.17. The van der Waals surface area contributed by atoms with Crippen molar-refractivity contribution in [2.45, 2.75) is 43.9 Å². The van der Waals surface area contributed by atoms with E-state index in [4.69, 9.17) is 22.1 Å². The van der Waals surface area contributed by atoms with Gasteiger partial charge >= 0.3 is 6.36 Å². The predicted molar refractivity (Wildman–Crippen MR) is 105 cm³/mol. The third-order valence-electron chi connectivity index (χ3n) is 7.16. The lowest BCUT2D eigenvalue weighted by Gasteiger charge is -2.74. The molecule has 1 heterocycles. The van der Waals surface area contributed by atoms with Crippen molar-refractivity contribution >= 4 is 17.5 Å². The van der Waals surface area contributed by atoms with Gasteiger partial charge in [-0.05, 0) is 48.3 Å². The van der Waals surface area contributed by atoms with Gasteiger partial charge in [-0.3, -0.25) is 9.53 Å². The van der Waals surface area contributed by atoms with Gasteiger partial charge in [0.05, 0.1) is 12.0 Å². The molecule has 6 rings (SSSR count). The van der Waals surface area contributed by atoms with Crippen molar-refractivity contribution in [3.8, 4) is 11.3 Å². The maximum Gasteiger partial charge on any atom is 0.524 e. The van der Waals surface area contributed by atoms with Crippen LogP contribution >= 0.6 is 11.6 Å². The largest absolute Gasteiger partial charge is 0.524 e. The molecule has 172 valence electrons. The van der Waals surface area contributed by atoms with E-state index in [1.807, 2.05) is 4.57 Å². The quantitative estimate of drug-likeness (QED) is 0.476. The summed E-state index contributed by atoms with van der Waals surface area (Å²) >= 11 is 5.81. The number of hydrogen-bond donors (Lipinski definition) is 1. The molecule has 2 aromatic rings. The number of amides is 1. The lowest BCUT2D eigenvalue weighted by molar-refractivity contribution is -0.451. The van der Waals surface area contributed by atoms with Gasteiger partial charge in [-0.15, -0.1) is 13.2 Å². The van der Waals surface area contributed by atoms with Crippen LogP contribution in [-0.4, -0.2) is 34.2 Å².